The van der Waals surface area contributed by atoms with Crippen molar-refractivity contribution >= 4 is 40.9 Å². The van der Waals surface area contributed by atoms with Gasteiger partial charge in [-0.15, -0.1) is 23.2 Å². The van der Waals surface area contributed by atoms with Crippen molar-refractivity contribution in [2.24, 2.45) is 23.7 Å². The quantitative estimate of drug-likeness (QED) is 0.424. The Labute approximate surface area is 227 Å². The van der Waals surface area contributed by atoms with Gasteiger partial charge in [0.15, 0.2) is 0 Å². The number of alkyl halides is 2. The van der Waals surface area contributed by atoms with Crippen molar-refractivity contribution in [3.8, 4) is 0 Å². The molecule has 2 aromatic carbocycles. The van der Waals surface area contributed by atoms with Crippen LogP contribution < -0.4 is 5.32 Å². The number of amides is 3. The molecule has 0 spiro atoms. The van der Waals surface area contributed by atoms with E-state index in [0.717, 1.165) is 47.9 Å². The molecular formula is C30H32Cl2N2O3. The van der Waals surface area contributed by atoms with Crippen molar-refractivity contribution < 1.29 is 14.4 Å². The Bertz CT molecular complexity index is 1180. The number of carbonyl (C=O) groups excluding carboxylic acids is 3. The van der Waals surface area contributed by atoms with Gasteiger partial charge in [0.1, 0.15) is 15.8 Å². The van der Waals surface area contributed by atoms with E-state index in [1.807, 2.05) is 62.4 Å². The number of rotatable bonds is 4. The minimum atomic E-state index is -1.24. The molecule has 7 rings (SSSR count). The molecule has 2 aromatic rings. The van der Waals surface area contributed by atoms with Crippen LogP contribution in [0.25, 0.3) is 0 Å². The first kappa shape index (κ1) is 24.9. The summed E-state index contributed by atoms with van der Waals surface area (Å²) in [4.78, 5) is 40.9. The minimum absolute atomic E-state index is 0.0588. The van der Waals surface area contributed by atoms with Gasteiger partial charge in [-0.05, 0) is 59.8 Å². The van der Waals surface area contributed by atoms with Gasteiger partial charge in [0.2, 0.25) is 17.7 Å². The van der Waals surface area contributed by atoms with E-state index in [1.165, 1.54) is 4.90 Å². The fourth-order valence-electron chi connectivity index (χ4n) is 7.37. The third kappa shape index (κ3) is 3.26. The van der Waals surface area contributed by atoms with Crippen LogP contribution in [0, 0.1) is 23.7 Å². The highest BCUT2D eigenvalue weighted by molar-refractivity contribution is 6.36. The van der Waals surface area contributed by atoms with Crippen LogP contribution in [0.1, 0.15) is 68.7 Å². The van der Waals surface area contributed by atoms with Crippen molar-refractivity contribution in [3.63, 3.8) is 0 Å². The molecule has 4 aliphatic carbocycles. The second-order valence-corrected chi connectivity index (χ2v) is 12.9. The lowest BCUT2D eigenvalue weighted by Crippen LogP contribution is -2.57. The van der Waals surface area contributed by atoms with E-state index in [2.05, 4.69) is 12.2 Å². The van der Waals surface area contributed by atoms with Gasteiger partial charge in [-0.1, -0.05) is 69.3 Å². The van der Waals surface area contributed by atoms with Crippen LogP contribution >= 0.6 is 23.2 Å². The van der Waals surface area contributed by atoms with E-state index < -0.39 is 39.4 Å². The molecule has 3 atom stereocenters. The molecule has 0 radical (unpaired) electrons. The van der Waals surface area contributed by atoms with Crippen LogP contribution in [0.15, 0.2) is 48.5 Å². The largest absolute Gasteiger partial charge is 0.352 e. The Morgan fingerprint density at radius 1 is 0.838 bits per heavy atom. The molecule has 3 amide bonds. The lowest BCUT2D eigenvalue weighted by molar-refractivity contribution is -0.150. The maximum atomic E-state index is 14.3. The lowest BCUT2D eigenvalue weighted by atomic mass is 9.54. The topological polar surface area (TPSA) is 66.5 Å². The summed E-state index contributed by atoms with van der Waals surface area (Å²) in [7, 11) is 0. The van der Waals surface area contributed by atoms with Gasteiger partial charge in [-0.2, -0.15) is 0 Å². The summed E-state index contributed by atoms with van der Waals surface area (Å²) in [5.41, 5.74) is 3.04. The molecule has 2 fully saturated rings. The van der Waals surface area contributed by atoms with E-state index in [1.54, 1.807) is 0 Å². The van der Waals surface area contributed by atoms with Crippen LogP contribution in [-0.2, 0) is 24.1 Å². The number of hydrogen-bond acceptors (Lipinski definition) is 3. The fraction of sp³-hybridized carbons (Fsp3) is 0.500. The highest BCUT2D eigenvalue weighted by Gasteiger charge is 2.73. The zero-order valence-corrected chi connectivity index (χ0v) is 22.9. The first-order valence-electron chi connectivity index (χ1n) is 13.4. The van der Waals surface area contributed by atoms with Crippen molar-refractivity contribution in [2.75, 3.05) is 0 Å². The molecule has 1 N–H and O–H groups in total. The molecule has 2 bridgehead atoms. The summed E-state index contributed by atoms with van der Waals surface area (Å²) in [6.07, 6.45) is 3.93. The van der Waals surface area contributed by atoms with Gasteiger partial charge in [0, 0.05) is 6.04 Å². The van der Waals surface area contributed by atoms with Gasteiger partial charge < -0.3 is 5.32 Å². The van der Waals surface area contributed by atoms with Crippen molar-refractivity contribution in [3.05, 3.63) is 70.8 Å². The maximum absolute atomic E-state index is 14.3. The molecule has 194 valence electrons. The summed E-state index contributed by atoms with van der Waals surface area (Å²) < 4.78 is 0. The summed E-state index contributed by atoms with van der Waals surface area (Å²) in [5.74, 6) is -2.50. The molecule has 5 aliphatic rings. The molecular weight excluding hydrogens is 507 g/mol. The summed E-state index contributed by atoms with van der Waals surface area (Å²) >= 11 is 15.0. The van der Waals surface area contributed by atoms with E-state index in [9.17, 15) is 14.4 Å². The monoisotopic (exact) mass is 538 g/mol. The van der Waals surface area contributed by atoms with Gasteiger partial charge >= 0.3 is 0 Å². The molecule has 7 heteroatoms. The highest BCUT2D eigenvalue weighted by atomic mass is 35.5. The fourth-order valence-corrected chi connectivity index (χ4v) is 8.47. The van der Waals surface area contributed by atoms with E-state index >= 15 is 0 Å². The van der Waals surface area contributed by atoms with E-state index in [-0.39, 0.29) is 17.9 Å². The molecule has 1 aliphatic heterocycles. The van der Waals surface area contributed by atoms with Crippen LogP contribution in [0.5, 0.6) is 0 Å². The van der Waals surface area contributed by atoms with Gasteiger partial charge in [-0.25, -0.2) is 0 Å². The van der Waals surface area contributed by atoms with Crippen LogP contribution in [0.3, 0.4) is 0 Å². The lowest BCUT2D eigenvalue weighted by Gasteiger charge is -2.54. The van der Waals surface area contributed by atoms with Crippen molar-refractivity contribution in [2.45, 2.75) is 68.3 Å². The predicted molar refractivity (Wildman–Crippen MR) is 143 cm³/mol. The van der Waals surface area contributed by atoms with E-state index in [0.29, 0.717) is 5.92 Å². The van der Waals surface area contributed by atoms with E-state index in [4.69, 9.17) is 23.2 Å². The Hall–Kier alpha value is -2.37. The smallest absolute Gasteiger partial charge is 0.243 e. The second kappa shape index (κ2) is 8.57. The Balaban J connectivity index is 1.44. The number of benzene rings is 2. The Morgan fingerprint density at radius 2 is 1.24 bits per heavy atom. The molecule has 1 heterocycles. The van der Waals surface area contributed by atoms with Crippen LogP contribution in [-0.4, -0.2) is 34.7 Å². The average molecular weight is 540 g/mol. The predicted octanol–water partition coefficient (Wildman–Crippen LogP) is 5.30. The minimum Gasteiger partial charge on any atom is -0.352 e. The molecule has 0 unspecified atom stereocenters. The number of nitrogens with zero attached hydrogens (tertiary/aromatic N) is 1. The van der Waals surface area contributed by atoms with Crippen molar-refractivity contribution in [1.82, 2.24) is 10.2 Å². The third-order valence-electron chi connectivity index (χ3n) is 9.16. The number of imide groups is 1. The molecule has 0 aromatic heterocycles. The molecule has 37 heavy (non-hydrogen) atoms. The highest BCUT2D eigenvalue weighted by Crippen LogP contribution is 2.69. The van der Waals surface area contributed by atoms with Crippen molar-refractivity contribution in [1.29, 1.82) is 0 Å². The van der Waals surface area contributed by atoms with Gasteiger partial charge in [0.05, 0.1) is 11.8 Å². The number of halogens is 2. The van der Waals surface area contributed by atoms with Crippen LogP contribution in [0.2, 0.25) is 0 Å². The van der Waals surface area contributed by atoms with Gasteiger partial charge in [0.25, 0.3) is 0 Å². The van der Waals surface area contributed by atoms with Crippen LogP contribution in [0.4, 0.5) is 0 Å². The first-order chi connectivity index (χ1) is 17.6. The maximum Gasteiger partial charge on any atom is 0.243 e. The number of likely N-dealkylation sites (tertiary alicyclic amines) is 1. The third-order valence-corrected chi connectivity index (χ3v) is 10.4. The Kier molecular flexibility index (Phi) is 5.78. The summed E-state index contributed by atoms with van der Waals surface area (Å²) in [5, 5.41) is 3.16. The molecule has 1 saturated carbocycles. The van der Waals surface area contributed by atoms with Gasteiger partial charge in [-0.3, -0.25) is 19.3 Å². The molecule has 1 saturated heterocycles. The number of hydrogen-bond donors (Lipinski definition) is 1. The number of nitrogens with one attached hydrogen (secondary N) is 1. The summed E-state index contributed by atoms with van der Waals surface area (Å²) in [6.45, 7) is 5.98. The summed E-state index contributed by atoms with van der Waals surface area (Å²) in [6, 6.07) is 14.3. The zero-order valence-electron chi connectivity index (χ0n) is 21.3. The normalized spacial score (nSPS) is 34.7. The number of carbonyl (C=O) groups is 3. The standard InChI is InChI=1S/C30H32Cl2N2O3/c1-16(2)25(26(35)33-18-14-12-17(3)13-15-18)34-27(36)23-24(28(34)37)30(32)20-9-5-4-8-19(20)29(23,31)21-10-6-7-11-22(21)30/h4-11,16-18,23-25H,12-15H2,1-3H3,(H,33,35)/t17?,18?,23-,24+,25-,29?,30?/m0/s1. The Morgan fingerprint density at radius 3 is 1.62 bits per heavy atom. The molecule has 5 nitrogen and oxygen atoms in total. The zero-order chi connectivity index (χ0) is 26.3. The average Bonchev–Trinajstić information content (AvgIpc) is 3.15. The second-order valence-electron chi connectivity index (χ2n) is 11.7. The first-order valence-corrected chi connectivity index (χ1v) is 14.1. The SMILES string of the molecule is CC1CCC(NC(=O)[C@H](C(C)C)N2C(=O)[C@@H]3[C@H](C2=O)C2(Cl)c4ccccc4C3(Cl)c3ccccc32)CC1.